The summed E-state index contributed by atoms with van der Waals surface area (Å²) in [6.07, 6.45) is -6.08. The molecular weight excluding hydrogens is 400 g/mol. The van der Waals surface area contributed by atoms with E-state index in [4.69, 9.17) is 0 Å². The zero-order chi connectivity index (χ0) is 21.2. The molecule has 0 aromatic heterocycles. The summed E-state index contributed by atoms with van der Waals surface area (Å²) in [6, 6.07) is 0. The van der Waals surface area contributed by atoms with E-state index in [0.717, 1.165) is 38.6 Å². The number of aliphatic hydroxyl groups is 1. The molecule has 0 amide bonds. The summed E-state index contributed by atoms with van der Waals surface area (Å²) in [5, 5.41) is 13.5. The quantitative estimate of drug-likeness (QED) is 0.509. The minimum atomic E-state index is -4.91. The molecule has 3 aliphatic rings. The lowest BCUT2D eigenvalue weighted by molar-refractivity contribution is -0.0899. The first-order valence-electron chi connectivity index (χ1n) is 9.54. The van der Waals surface area contributed by atoms with Crippen LogP contribution in [-0.4, -0.2) is 66.9 Å². The first-order valence-corrected chi connectivity index (χ1v) is 9.54. The van der Waals surface area contributed by atoms with Gasteiger partial charge in [-0.1, -0.05) is 12.2 Å². The molecule has 2 N–H and O–H groups in total. The number of nitrogens with one attached hydrogen (secondary N) is 1. The van der Waals surface area contributed by atoms with Crippen molar-refractivity contribution >= 4 is 5.71 Å². The second-order valence-corrected chi connectivity index (χ2v) is 7.40. The van der Waals surface area contributed by atoms with Crippen molar-refractivity contribution in [1.82, 2.24) is 10.2 Å². The van der Waals surface area contributed by atoms with Gasteiger partial charge in [0.05, 0.1) is 17.4 Å². The summed E-state index contributed by atoms with van der Waals surface area (Å²) in [5.41, 5.74) is -3.40. The molecule has 2 aliphatic heterocycles. The molecule has 1 aliphatic carbocycles. The molecule has 0 radical (unpaired) electrons. The molecule has 2 heterocycles. The van der Waals surface area contributed by atoms with E-state index in [2.05, 4.69) is 15.2 Å². The summed E-state index contributed by atoms with van der Waals surface area (Å²) in [4.78, 5) is 5.52. The van der Waals surface area contributed by atoms with Crippen LogP contribution in [0, 0.1) is 5.92 Å². The Balaban J connectivity index is 1.77. The fourth-order valence-corrected chi connectivity index (χ4v) is 3.87. The molecule has 3 rings (SSSR count). The van der Waals surface area contributed by atoms with Crippen molar-refractivity contribution in [2.24, 2.45) is 10.9 Å². The molecule has 2 atom stereocenters. The third kappa shape index (κ3) is 5.29. The highest BCUT2D eigenvalue weighted by molar-refractivity contribution is 6.02. The van der Waals surface area contributed by atoms with Crippen LogP contribution < -0.4 is 5.32 Å². The van der Waals surface area contributed by atoms with Gasteiger partial charge in [0.25, 0.3) is 0 Å². The van der Waals surface area contributed by atoms with Crippen LogP contribution in [0.4, 0.5) is 26.3 Å². The van der Waals surface area contributed by atoms with Crippen LogP contribution in [0.1, 0.15) is 19.3 Å². The maximum Gasteiger partial charge on any atom is 0.433 e. The van der Waals surface area contributed by atoms with Gasteiger partial charge in [0.1, 0.15) is 5.71 Å². The largest absolute Gasteiger partial charge is 0.433 e. The molecule has 0 aromatic rings. The monoisotopic (exact) mass is 423 g/mol. The van der Waals surface area contributed by atoms with Gasteiger partial charge in [0, 0.05) is 25.6 Å². The topological polar surface area (TPSA) is 47.9 Å². The van der Waals surface area contributed by atoms with Crippen LogP contribution in [0.5, 0.6) is 0 Å². The molecule has 1 saturated heterocycles. The second-order valence-electron chi connectivity index (χ2n) is 7.40. The molecule has 4 nitrogen and oxygen atoms in total. The number of allylic oxidation sites excluding steroid dienone is 5. The van der Waals surface area contributed by atoms with E-state index in [-0.39, 0.29) is 18.5 Å². The molecule has 162 valence electrons. The lowest BCUT2D eigenvalue weighted by Crippen LogP contribution is -2.38. The van der Waals surface area contributed by atoms with Crippen LogP contribution in [0.15, 0.2) is 40.1 Å². The van der Waals surface area contributed by atoms with Crippen LogP contribution in [0.25, 0.3) is 0 Å². The van der Waals surface area contributed by atoms with Crippen LogP contribution in [0.3, 0.4) is 0 Å². The van der Waals surface area contributed by atoms with Gasteiger partial charge >= 0.3 is 12.4 Å². The Labute approximate surface area is 164 Å². The van der Waals surface area contributed by atoms with Crippen LogP contribution >= 0.6 is 0 Å². The fourth-order valence-electron chi connectivity index (χ4n) is 3.87. The first-order chi connectivity index (χ1) is 13.6. The van der Waals surface area contributed by atoms with Gasteiger partial charge in [-0.15, -0.1) is 0 Å². The predicted octanol–water partition coefficient (Wildman–Crippen LogP) is 3.37. The molecule has 2 unspecified atom stereocenters. The van der Waals surface area contributed by atoms with Gasteiger partial charge in [-0.2, -0.15) is 26.3 Å². The molecule has 10 heteroatoms. The van der Waals surface area contributed by atoms with Gasteiger partial charge in [0.15, 0.2) is 0 Å². The fraction of sp³-hybridized carbons (Fsp3) is 0.632. The summed E-state index contributed by atoms with van der Waals surface area (Å²) in [6.45, 7) is 3.22. The standard InChI is InChI=1S/C19H23F6N3O/c20-18(21,22)14-5-3-4-12-13(10-16(19(23,24)25)27-17(12)14)15(29)11-26-6-9-28-7-1-2-8-28/h3,5,10,12,15,26,29H,1-2,4,6-9,11H2. The number of alkyl halides is 6. The van der Waals surface area contributed by atoms with Crippen molar-refractivity contribution in [3.63, 3.8) is 0 Å². The maximum absolute atomic E-state index is 13.3. The Morgan fingerprint density at radius 2 is 1.83 bits per heavy atom. The van der Waals surface area contributed by atoms with Crippen LogP contribution in [-0.2, 0) is 0 Å². The van der Waals surface area contributed by atoms with E-state index >= 15 is 0 Å². The summed E-state index contributed by atoms with van der Waals surface area (Å²) >= 11 is 0. The highest BCUT2D eigenvalue weighted by atomic mass is 19.4. The first kappa shape index (κ1) is 22.0. The molecular formula is C19H23F6N3O. The van der Waals surface area contributed by atoms with Crippen molar-refractivity contribution in [3.05, 3.63) is 35.1 Å². The summed E-state index contributed by atoms with van der Waals surface area (Å²) in [7, 11) is 0. The van der Waals surface area contributed by atoms with Crippen molar-refractivity contribution in [2.45, 2.75) is 37.7 Å². The Bertz CT molecular complexity index is 729. The highest BCUT2D eigenvalue weighted by Crippen LogP contribution is 2.43. The SMILES string of the molecule is OC(CNCCN1CCCC1)C1=CC(C(F)(F)F)=NC2=C(C(F)(F)F)C=CCC12. The van der Waals surface area contributed by atoms with Gasteiger partial charge in [-0.3, -0.25) is 0 Å². The number of hydrogen-bond donors (Lipinski definition) is 2. The number of halogens is 6. The minimum Gasteiger partial charge on any atom is -0.387 e. The minimum absolute atomic E-state index is 0.0420. The second kappa shape index (κ2) is 8.61. The number of aliphatic hydroxyl groups excluding tert-OH is 1. The number of rotatable bonds is 6. The third-order valence-corrected chi connectivity index (χ3v) is 5.33. The van der Waals surface area contributed by atoms with E-state index in [1.54, 1.807) is 0 Å². The van der Waals surface area contributed by atoms with E-state index in [9.17, 15) is 31.4 Å². The van der Waals surface area contributed by atoms with Crippen molar-refractivity contribution < 1.29 is 31.4 Å². The Morgan fingerprint density at radius 3 is 2.45 bits per heavy atom. The molecule has 0 bridgehead atoms. The number of hydrogen-bond acceptors (Lipinski definition) is 4. The number of dihydropyridines is 1. The summed E-state index contributed by atoms with van der Waals surface area (Å²) in [5.74, 6) is -1.03. The number of nitrogens with zero attached hydrogens (tertiary/aromatic N) is 2. The Morgan fingerprint density at radius 1 is 1.14 bits per heavy atom. The highest BCUT2D eigenvalue weighted by Gasteiger charge is 2.44. The molecule has 0 saturated carbocycles. The van der Waals surface area contributed by atoms with Crippen molar-refractivity contribution in [3.8, 4) is 0 Å². The third-order valence-electron chi connectivity index (χ3n) is 5.33. The van der Waals surface area contributed by atoms with E-state index in [0.29, 0.717) is 12.6 Å². The number of aliphatic imine (C=N–C) groups is 1. The van der Waals surface area contributed by atoms with Crippen LogP contribution in [0.2, 0.25) is 0 Å². The van der Waals surface area contributed by atoms with Gasteiger partial charge in [-0.05, 0) is 44.0 Å². The maximum atomic E-state index is 13.3. The van der Waals surface area contributed by atoms with Gasteiger partial charge in [0.2, 0.25) is 0 Å². The molecule has 0 aromatic carbocycles. The normalized spacial score (nSPS) is 24.4. The Kier molecular flexibility index (Phi) is 6.54. The lowest BCUT2D eigenvalue weighted by Gasteiger charge is -2.32. The summed E-state index contributed by atoms with van der Waals surface area (Å²) < 4.78 is 79.6. The average Bonchev–Trinajstić information content (AvgIpc) is 3.15. The molecule has 0 spiro atoms. The zero-order valence-electron chi connectivity index (χ0n) is 15.7. The zero-order valence-corrected chi connectivity index (χ0v) is 15.7. The Hall–Kier alpha value is -1.65. The lowest BCUT2D eigenvalue weighted by atomic mass is 9.81. The van der Waals surface area contributed by atoms with E-state index < -0.39 is 41.4 Å². The van der Waals surface area contributed by atoms with Gasteiger partial charge < -0.3 is 15.3 Å². The molecule has 29 heavy (non-hydrogen) atoms. The van der Waals surface area contributed by atoms with Crippen molar-refractivity contribution in [2.75, 3.05) is 32.7 Å². The van der Waals surface area contributed by atoms with E-state index in [1.807, 2.05) is 0 Å². The predicted molar refractivity (Wildman–Crippen MR) is 96.5 cm³/mol. The molecule has 1 fully saturated rings. The smallest absolute Gasteiger partial charge is 0.387 e. The number of likely N-dealkylation sites (tertiary alicyclic amines) is 1. The average molecular weight is 423 g/mol. The van der Waals surface area contributed by atoms with E-state index in [1.165, 1.54) is 6.08 Å². The van der Waals surface area contributed by atoms with Crippen molar-refractivity contribution in [1.29, 1.82) is 0 Å². The van der Waals surface area contributed by atoms with Gasteiger partial charge in [-0.25, -0.2) is 4.99 Å². The number of fused-ring (bicyclic) bond motifs is 1.